The van der Waals surface area contributed by atoms with E-state index in [-0.39, 0.29) is 18.7 Å². The molecule has 84 valence electrons. The van der Waals surface area contributed by atoms with E-state index >= 15 is 0 Å². The molecule has 4 nitrogen and oxygen atoms in total. The summed E-state index contributed by atoms with van der Waals surface area (Å²) in [6, 6.07) is 0.339. The Labute approximate surface area is 89.0 Å². The van der Waals surface area contributed by atoms with E-state index < -0.39 is 5.97 Å². The summed E-state index contributed by atoms with van der Waals surface area (Å²) >= 11 is 0. The Balaban J connectivity index is 1.73. The Morgan fingerprint density at radius 3 is 2.07 bits per heavy atom. The number of aliphatic carboxylic acids is 1. The molecule has 0 atom stereocenters. The van der Waals surface area contributed by atoms with Gasteiger partial charge < -0.3 is 10.4 Å². The van der Waals surface area contributed by atoms with Crippen LogP contribution in [0.15, 0.2) is 0 Å². The topological polar surface area (TPSA) is 66.4 Å². The minimum absolute atomic E-state index is 0.0616. The van der Waals surface area contributed by atoms with Crippen molar-refractivity contribution in [3.63, 3.8) is 0 Å². The number of carboxylic acid groups (broad SMARTS) is 1. The van der Waals surface area contributed by atoms with E-state index in [2.05, 4.69) is 5.32 Å². The molecule has 2 saturated carbocycles. The summed E-state index contributed by atoms with van der Waals surface area (Å²) in [5.74, 6) is 0.346. The number of rotatable bonds is 6. The monoisotopic (exact) mass is 211 g/mol. The first-order valence-electron chi connectivity index (χ1n) is 5.68. The zero-order valence-corrected chi connectivity index (χ0v) is 8.74. The van der Waals surface area contributed by atoms with Gasteiger partial charge >= 0.3 is 5.97 Å². The number of carboxylic acids is 1. The number of carbonyl (C=O) groups excluding carboxylic acids is 1. The van der Waals surface area contributed by atoms with Gasteiger partial charge in [0.05, 0.1) is 6.42 Å². The van der Waals surface area contributed by atoms with Gasteiger partial charge in [0.25, 0.3) is 0 Å². The molecule has 15 heavy (non-hydrogen) atoms. The van der Waals surface area contributed by atoms with Crippen molar-refractivity contribution in [2.45, 2.75) is 44.6 Å². The van der Waals surface area contributed by atoms with Crippen molar-refractivity contribution < 1.29 is 14.7 Å². The van der Waals surface area contributed by atoms with Crippen LogP contribution in [0.1, 0.15) is 38.5 Å². The van der Waals surface area contributed by atoms with Crippen LogP contribution in [-0.4, -0.2) is 23.0 Å². The third kappa shape index (κ3) is 3.22. The van der Waals surface area contributed by atoms with E-state index in [1.165, 1.54) is 25.7 Å². The highest BCUT2D eigenvalue weighted by Crippen LogP contribution is 2.44. The SMILES string of the molecule is O=C(O)CCC(=O)NC(C1CC1)C1CC1. The molecule has 0 aromatic rings. The van der Waals surface area contributed by atoms with Gasteiger partial charge in [-0.2, -0.15) is 0 Å². The Morgan fingerprint density at radius 2 is 1.67 bits per heavy atom. The van der Waals surface area contributed by atoms with Crippen LogP contribution in [0.5, 0.6) is 0 Å². The highest BCUT2D eigenvalue weighted by atomic mass is 16.4. The molecule has 1 amide bonds. The molecule has 2 fully saturated rings. The summed E-state index contributed by atoms with van der Waals surface area (Å²) in [6.45, 7) is 0. The first-order chi connectivity index (χ1) is 7.16. The molecule has 2 aliphatic rings. The van der Waals surface area contributed by atoms with E-state index in [0.717, 1.165) is 0 Å². The van der Waals surface area contributed by atoms with Gasteiger partial charge in [-0.1, -0.05) is 0 Å². The summed E-state index contributed by atoms with van der Waals surface area (Å²) in [6.07, 6.45) is 4.95. The number of nitrogens with one attached hydrogen (secondary N) is 1. The molecule has 0 bridgehead atoms. The Bertz CT molecular complexity index is 257. The lowest BCUT2D eigenvalue weighted by Crippen LogP contribution is -2.38. The molecule has 0 radical (unpaired) electrons. The van der Waals surface area contributed by atoms with E-state index in [4.69, 9.17) is 5.11 Å². The molecule has 0 saturated heterocycles. The van der Waals surface area contributed by atoms with Crippen molar-refractivity contribution in [1.82, 2.24) is 5.32 Å². The minimum Gasteiger partial charge on any atom is -0.481 e. The second-order valence-corrected chi connectivity index (χ2v) is 4.66. The van der Waals surface area contributed by atoms with E-state index in [1.54, 1.807) is 0 Å². The van der Waals surface area contributed by atoms with Crippen molar-refractivity contribution in [3.05, 3.63) is 0 Å². The Kier molecular flexibility index (Phi) is 2.93. The van der Waals surface area contributed by atoms with E-state index in [1.807, 2.05) is 0 Å². The average Bonchev–Trinajstić information content (AvgIpc) is 3.02. The standard InChI is InChI=1S/C11H17NO3/c13-9(5-6-10(14)15)12-11(7-1-2-7)8-3-4-8/h7-8,11H,1-6H2,(H,12,13)(H,14,15). The number of carbonyl (C=O) groups is 2. The van der Waals surface area contributed by atoms with E-state index in [0.29, 0.717) is 17.9 Å². The maximum absolute atomic E-state index is 11.4. The van der Waals surface area contributed by atoms with Gasteiger partial charge in [0, 0.05) is 12.5 Å². The minimum atomic E-state index is -0.903. The molecule has 0 spiro atoms. The number of amides is 1. The second-order valence-electron chi connectivity index (χ2n) is 4.66. The van der Waals surface area contributed by atoms with Gasteiger partial charge in [-0.3, -0.25) is 9.59 Å². The van der Waals surface area contributed by atoms with Crippen LogP contribution >= 0.6 is 0 Å². The largest absolute Gasteiger partial charge is 0.481 e. The summed E-state index contributed by atoms with van der Waals surface area (Å²) in [7, 11) is 0. The van der Waals surface area contributed by atoms with Crippen LogP contribution in [0.2, 0.25) is 0 Å². The van der Waals surface area contributed by atoms with Crippen molar-refractivity contribution in [3.8, 4) is 0 Å². The van der Waals surface area contributed by atoms with Crippen LogP contribution in [0.25, 0.3) is 0 Å². The van der Waals surface area contributed by atoms with Gasteiger partial charge in [0.2, 0.25) is 5.91 Å². The normalized spacial score (nSPS) is 20.3. The summed E-state index contributed by atoms with van der Waals surface area (Å²) in [5, 5.41) is 11.5. The summed E-state index contributed by atoms with van der Waals surface area (Å²) in [5.41, 5.74) is 0. The van der Waals surface area contributed by atoms with Gasteiger partial charge in [-0.05, 0) is 37.5 Å². The quantitative estimate of drug-likeness (QED) is 0.692. The highest BCUT2D eigenvalue weighted by Gasteiger charge is 2.42. The first-order valence-corrected chi connectivity index (χ1v) is 5.68. The smallest absolute Gasteiger partial charge is 0.303 e. The van der Waals surface area contributed by atoms with Gasteiger partial charge in [0.1, 0.15) is 0 Å². The maximum Gasteiger partial charge on any atom is 0.303 e. The molecule has 0 aromatic carbocycles. The fourth-order valence-electron chi connectivity index (χ4n) is 2.01. The van der Waals surface area contributed by atoms with Crippen LogP contribution in [-0.2, 0) is 9.59 Å². The molecule has 0 aromatic heterocycles. The first kappa shape index (κ1) is 10.5. The zero-order valence-electron chi connectivity index (χ0n) is 8.74. The average molecular weight is 211 g/mol. The van der Waals surface area contributed by atoms with Gasteiger partial charge in [0.15, 0.2) is 0 Å². The lowest BCUT2D eigenvalue weighted by atomic mass is 10.1. The molecule has 2 aliphatic carbocycles. The second kappa shape index (κ2) is 4.21. The summed E-state index contributed by atoms with van der Waals surface area (Å²) in [4.78, 5) is 21.7. The lowest BCUT2D eigenvalue weighted by molar-refractivity contribution is -0.139. The van der Waals surface area contributed by atoms with E-state index in [9.17, 15) is 9.59 Å². The number of hydrogen-bond donors (Lipinski definition) is 2. The fraction of sp³-hybridized carbons (Fsp3) is 0.818. The Hall–Kier alpha value is -1.06. The van der Waals surface area contributed by atoms with Crippen LogP contribution in [0, 0.1) is 11.8 Å². The zero-order chi connectivity index (χ0) is 10.8. The lowest BCUT2D eigenvalue weighted by Gasteiger charge is -2.17. The molecular weight excluding hydrogens is 194 g/mol. The molecule has 2 rings (SSSR count). The van der Waals surface area contributed by atoms with Crippen molar-refractivity contribution in [2.24, 2.45) is 11.8 Å². The molecule has 0 heterocycles. The third-order valence-corrected chi connectivity index (χ3v) is 3.15. The van der Waals surface area contributed by atoms with Crippen molar-refractivity contribution in [1.29, 1.82) is 0 Å². The van der Waals surface area contributed by atoms with Gasteiger partial charge in [-0.25, -0.2) is 0 Å². The van der Waals surface area contributed by atoms with Crippen molar-refractivity contribution >= 4 is 11.9 Å². The summed E-state index contributed by atoms with van der Waals surface area (Å²) < 4.78 is 0. The number of hydrogen-bond acceptors (Lipinski definition) is 2. The third-order valence-electron chi connectivity index (χ3n) is 3.15. The molecular formula is C11H17NO3. The molecule has 4 heteroatoms. The van der Waals surface area contributed by atoms with Crippen LogP contribution < -0.4 is 5.32 Å². The van der Waals surface area contributed by atoms with Crippen LogP contribution in [0.3, 0.4) is 0 Å². The molecule has 0 unspecified atom stereocenters. The highest BCUT2D eigenvalue weighted by molar-refractivity contribution is 5.80. The molecule has 2 N–H and O–H groups in total. The predicted octanol–water partition coefficient (Wildman–Crippen LogP) is 1.16. The van der Waals surface area contributed by atoms with Crippen LogP contribution in [0.4, 0.5) is 0 Å². The maximum atomic E-state index is 11.4. The van der Waals surface area contributed by atoms with Crippen molar-refractivity contribution in [2.75, 3.05) is 0 Å². The molecule has 0 aliphatic heterocycles. The predicted molar refractivity (Wildman–Crippen MR) is 54.2 cm³/mol. The fourth-order valence-corrected chi connectivity index (χ4v) is 2.01. The van der Waals surface area contributed by atoms with Gasteiger partial charge in [-0.15, -0.1) is 0 Å². The Morgan fingerprint density at radius 1 is 1.13 bits per heavy atom.